The summed E-state index contributed by atoms with van der Waals surface area (Å²) in [5.74, 6) is -0.385. The monoisotopic (exact) mass is 574 g/mol. The van der Waals surface area contributed by atoms with E-state index in [1.165, 1.54) is 0 Å². The Morgan fingerprint density at radius 3 is 2.23 bits per heavy atom. The molecular formula is C29H39ClN4O4S. The van der Waals surface area contributed by atoms with Gasteiger partial charge in [0, 0.05) is 43.5 Å². The van der Waals surface area contributed by atoms with E-state index in [1.54, 1.807) is 51.7 Å². The van der Waals surface area contributed by atoms with E-state index in [1.807, 2.05) is 31.1 Å². The average Bonchev–Trinajstić information content (AvgIpc) is 2.90. The number of amides is 2. The maximum absolute atomic E-state index is 13.8. The minimum Gasteiger partial charge on any atom is -0.344 e. The summed E-state index contributed by atoms with van der Waals surface area (Å²) in [5, 5.41) is 3.53. The van der Waals surface area contributed by atoms with Gasteiger partial charge in [0.1, 0.15) is 6.04 Å². The van der Waals surface area contributed by atoms with E-state index in [0.717, 1.165) is 37.7 Å². The number of nitrogens with zero attached hydrogens (tertiary/aromatic N) is 3. The zero-order valence-corrected chi connectivity index (χ0v) is 24.3. The van der Waals surface area contributed by atoms with Gasteiger partial charge < -0.3 is 15.1 Å². The molecule has 1 heterocycles. The molecule has 0 spiro atoms. The number of carbonyl (C=O) groups excluding carboxylic acids is 2. The molecule has 2 aliphatic rings. The number of benzene rings is 2. The van der Waals surface area contributed by atoms with Gasteiger partial charge in [0.15, 0.2) is 0 Å². The van der Waals surface area contributed by atoms with Crippen LogP contribution < -0.4 is 5.32 Å². The number of halogens is 1. The minimum atomic E-state index is -3.71. The standard InChI is InChI=1S/C29H39ClN4O4S/c1-32(2)18-17-28(35)31-27(19-22-13-15-23(30)16-14-22)29(36)33-20-25(21-33)34(24-9-5-3-6-10-24)39(37,38)26-11-7-4-8-12-26/h4,7-8,11-16,24-25,27H,3,5-6,9-10,17-21H2,1-2H3,(H,31,35). The van der Waals surface area contributed by atoms with Crippen molar-refractivity contribution in [2.75, 3.05) is 33.7 Å². The van der Waals surface area contributed by atoms with Crippen LogP contribution in [0, 0.1) is 0 Å². The van der Waals surface area contributed by atoms with Crippen LogP contribution in [0.15, 0.2) is 59.5 Å². The number of rotatable bonds is 11. The molecule has 1 saturated carbocycles. The lowest BCUT2D eigenvalue weighted by molar-refractivity contribution is -0.142. The summed E-state index contributed by atoms with van der Waals surface area (Å²) >= 11 is 6.04. The normalized spacial score (nSPS) is 17.7. The number of sulfonamides is 1. The van der Waals surface area contributed by atoms with E-state index in [9.17, 15) is 18.0 Å². The molecule has 4 rings (SSSR count). The largest absolute Gasteiger partial charge is 0.344 e. The topological polar surface area (TPSA) is 90.0 Å². The van der Waals surface area contributed by atoms with Crippen LogP contribution in [0.1, 0.15) is 44.1 Å². The molecule has 10 heteroatoms. The summed E-state index contributed by atoms with van der Waals surface area (Å²) in [4.78, 5) is 30.2. The van der Waals surface area contributed by atoms with Crippen LogP contribution in [0.2, 0.25) is 5.02 Å². The Morgan fingerprint density at radius 2 is 1.62 bits per heavy atom. The maximum Gasteiger partial charge on any atom is 0.245 e. The molecule has 2 aromatic carbocycles. The predicted octanol–water partition coefficient (Wildman–Crippen LogP) is 3.55. The Hall–Kier alpha value is -2.46. The molecule has 1 aliphatic carbocycles. The molecule has 1 N–H and O–H groups in total. The van der Waals surface area contributed by atoms with Gasteiger partial charge in [0.25, 0.3) is 0 Å². The van der Waals surface area contributed by atoms with E-state index in [4.69, 9.17) is 11.6 Å². The summed E-state index contributed by atoms with van der Waals surface area (Å²) in [6.45, 7) is 1.20. The second kappa shape index (κ2) is 13.3. The highest BCUT2D eigenvalue weighted by molar-refractivity contribution is 7.89. The van der Waals surface area contributed by atoms with E-state index < -0.39 is 16.1 Å². The van der Waals surface area contributed by atoms with Gasteiger partial charge in [-0.15, -0.1) is 0 Å². The van der Waals surface area contributed by atoms with Crippen molar-refractivity contribution < 1.29 is 18.0 Å². The minimum absolute atomic E-state index is 0.0678. The first-order valence-electron chi connectivity index (χ1n) is 13.7. The lowest BCUT2D eigenvalue weighted by Crippen LogP contribution is -2.67. The zero-order chi connectivity index (χ0) is 28.0. The van der Waals surface area contributed by atoms with Crippen molar-refractivity contribution in [3.05, 3.63) is 65.2 Å². The summed E-state index contributed by atoms with van der Waals surface area (Å²) in [7, 11) is 0.0797. The fourth-order valence-corrected chi connectivity index (χ4v) is 7.40. The third-order valence-electron chi connectivity index (χ3n) is 7.56. The molecule has 2 amide bonds. The maximum atomic E-state index is 13.8. The van der Waals surface area contributed by atoms with E-state index in [2.05, 4.69) is 5.32 Å². The van der Waals surface area contributed by atoms with Gasteiger partial charge >= 0.3 is 0 Å². The third-order valence-corrected chi connectivity index (χ3v) is 9.83. The van der Waals surface area contributed by atoms with E-state index >= 15 is 0 Å². The van der Waals surface area contributed by atoms with Crippen LogP contribution in [0.3, 0.4) is 0 Å². The first-order valence-corrected chi connectivity index (χ1v) is 15.5. The highest BCUT2D eigenvalue weighted by Crippen LogP contribution is 2.33. The van der Waals surface area contributed by atoms with Gasteiger partial charge in [-0.3, -0.25) is 9.59 Å². The first kappa shape index (κ1) is 29.5. The average molecular weight is 575 g/mol. The predicted molar refractivity (Wildman–Crippen MR) is 153 cm³/mol. The van der Waals surface area contributed by atoms with Gasteiger partial charge in [0.05, 0.1) is 10.9 Å². The van der Waals surface area contributed by atoms with Gasteiger partial charge in [-0.2, -0.15) is 4.31 Å². The fraction of sp³-hybridized carbons (Fsp3) is 0.517. The molecule has 1 atom stereocenters. The second-order valence-corrected chi connectivity index (χ2v) is 13.1. The number of nitrogens with one attached hydrogen (secondary N) is 1. The Morgan fingerprint density at radius 1 is 0.974 bits per heavy atom. The molecule has 2 aromatic rings. The summed E-state index contributed by atoms with van der Waals surface area (Å²) in [6.07, 6.45) is 5.40. The number of carbonyl (C=O) groups is 2. The van der Waals surface area contributed by atoms with Crippen LogP contribution in [-0.2, 0) is 26.0 Å². The van der Waals surface area contributed by atoms with Gasteiger partial charge in [-0.25, -0.2) is 8.42 Å². The molecule has 1 unspecified atom stereocenters. The van der Waals surface area contributed by atoms with Crippen molar-refractivity contribution >= 4 is 33.4 Å². The second-order valence-electron chi connectivity index (χ2n) is 10.8. The van der Waals surface area contributed by atoms with Crippen molar-refractivity contribution in [1.82, 2.24) is 19.4 Å². The molecular weight excluding hydrogens is 536 g/mol. The number of likely N-dealkylation sites (tertiary alicyclic amines) is 1. The molecule has 1 saturated heterocycles. The smallest absolute Gasteiger partial charge is 0.245 e. The molecule has 1 aliphatic heterocycles. The summed E-state index contributed by atoms with van der Waals surface area (Å²) < 4.78 is 29.2. The van der Waals surface area contributed by atoms with Crippen molar-refractivity contribution in [3.63, 3.8) is 0 Å². The number of hydrogen-bond donors (Lipinski definition) is 1. The summed E-state index contributed by atoms with van der Waals surface area (Å²) in [5.41, 5.74) is 0.887. The highest BCUT2D eigenvalue weighted by atomic mass is 35.5. The van der Waals surface area contributed by atoms with E-state index in [0.29, 0.717) is 31.1 Å². The quantitative estimate of drug-likeness (QED) is 0.443. The van der Waals surface area contributed by atoms with Crippen molar-refractivity contribution in [2.45, 2.75) is 68.0 Å². The van der Waals surface area contributed by atoms with Crippen LogP contribution in [0.4, 0.5) is 0 Å². The molecule has 0 radical (unpaired) electrons. The van der Waals surface area contributed by atoms with Gasteiger partial charge in [-0.05, 0) is 56.8 Å². The Kier molecular flexibility index (Phi) is 10.0. The third kappa shape index (κ3) is 7.60. The SMILES string of the molecule is CN(C)CCC(=O)NC(Cc1ccc(Cl)cc1)C(=O)N1CC(N(C2CCCCC2)S(=O)(=O)c2ccccc2)C1. The number of hydrogen-bond acceptors (Lipinski definition) is 5. The van der Waals surface area contributed by atoms with Crippen LogP contribution in [0.5, 0.6) is 0 Å². The van der Waals surface area contributed by atoms with Crippen LogP contribution >= 0.6 is 11.6 Å². The molecule has 39 heavy (non-hydrogen) atoms. The molecule has 212 valence electrons. The fourth-order valence-electron chi connectivity index (χ4n) is 5.40. The Balaban J connectivity index is 1.49. The summed E-state index contributed by atoms with van der Waals surface area (Å²) in [6, 6.07) is 14.7. The molecule has 0 aromatic heterocycles. The van der Waals surface area contributed by atoms with Crippen LogP contribution in [-0.4, -0.2) is 86.2 Å². The van der Waals surface area contributed by atoms with Crippen molar-refractivity contribution in [2.24, 2.45) is 0 Å². The molecule has 2 fully saturated rings. The Labute approximate surface area is 237 Å². The lowest BCUT2D eigenvalue weighted by atomic mass is 9.93. The van der Waals surface area contributed by atoms with Gasteiger partial charge in [-0.1, -0.05) is 61.2 Å². The Bertz CT molecular complexity index is 1210. The zero-order valence-electron chi connectivity index (χ0n) is 22.8. The molecule has 8 nitrogen and oxygen atoms in total. The molecule has 0 bridgehead atoms. The van der Waals surface area contributed by atoms with Gasteiger partial charge in [0.2, 0.25) is 21.8 Å². The van der Waals surface area contributed by atoms with Crippen LogP contribution in [0.25, 0.3) is 0 Å². The van der Waals surface area contributed by atoms with E-state index in [-0.39, 0.29) is 35.2 Å². The van der Waals surface area contributed by atoms with Crippen molar-refractivity contribution in [3.8, 4) is 0 Å². The lowest BCUT2D eigenvalue weighted by Gasteiger charge is -2.48. The first-order chi connectivity index (χ1) is 18.6. The van der Waals surface area contributed by atoms with Crippen molar-refractivity contribution in [1.29, 1.82) is 0 Å². The highest BCUT2D eigenvalue weighted by Gasteiger charge is 2.45.